The van der Waals surface area contributed by atoms with E-state index < -0.39 is 0 Å². The molecule has 0 atom stereocenters. The maximum Gasteiger partial charge on any atom is 0.146 e. The highest BCUT2D eigenvalue weighted by molar-refractivity contribution is 5.44. The van der Waals surface area contributed by atoms with E-state index in [0.717, 1.165) is 18.9 Å². The van der Waals surface area contributed by atoms with Gasteiger partial charge in [-0.1, -0.05) is 26.0 Å². The molecule has 0 aliphatic rings. The van der Waals surface area contributed by atoms with Crippen molar-refractivity contribution in [3.63, 3.8) is 0 Å². The summed E-state index contributed by atoms with van der Waals surface area (Å²) in [5.74, 6) is 0.516. The van der Waals surface area contributed by atoms with Gasteiger partial charge in [-0.25, -0.2) is 4.39 Å². The van der Waals surface area contributed by atoms with Crippen molar-refractivity contribution in [3.8, 4) is 0 Å². The first-order chi connectivity index (χ1) is 8.20. The Morgan fingerprint density at radius 3 is 2.71 bits per heavy atom. The number of hydrogen-bond acceptors (Lipinski definition) is 2. The van der Waals surface area contributed by atoms with Gasteiger partial charge in [0.25, 0.3) is 0 Å². The topological polar surface area (TPSA) is 21.3 Å². The molecule has 1 aromatic carbocycles. The lowest BCUT2D eigenvalue weighted by Gasteiger charge is -2.08. The molecule has 2 nitrogen and oxygen atoms in total. The lowest BCUT2D eigenvalue weighted by atomic mass is 10.1. The molecule has 0 bridgehead atoms. The molecule has 0 amide bonds. The molecule has 1 aromatic rings. The third-order valence-corrected chi connectivity index (χ3v) is 2.51. The number of hydrogen-bond donors (Lipinski definition) is 1. The second-order valence-electron chi connectivity index (χ2n) is 4.56. The Labute approximate surface area is 103 Å². The van der Waals surface area contributed by atoms with Gasteiger partial charge in [-0.05, 0) is 30.9 Å². The maximum absolute atomic E-state index is 13.2. The molecule has 3 heteroatoms. The Bertz CT molecular complexity index is 315. The van der Waals surface area contributed by atoms with Crippen molar-refractivity contribution in [3.05, 3.63) is 30.1 Å². The highest BCUT2D eigenvalue weighted by Gasteiger charge is 1.98. The molecule has 1 N–H and O–H groups in total. The monoisotopic (exact) mass is 239 g/mol. The third-order valence-electron chi connectivity index (χ3n) is 2.51. The zero-order valence-corrected chi connectivity index (χ0v) is 10.7. The molecule has 0 aromatic heterocycles. The number of nitrogens with one attached hydrogen (secondary N) is 1. The summed E-state index contributed by atoms with van der Waals surface area (Å²) in [6.07, 6.45) is 2.29. The van der Waals surface area contributed by atoms with Gasteiger partial charge in [0.2, 0.25) is 0 Å². The van der Waals surface area contributed by atoms with E-state index in [1.54, 1.807) is 12.1 Å². The predicted octanol–water partition coefficient (Wildman–Crippen LogP) is 3.69. The van der Waals surface area contributed by atoms with Crippen LogP contribution in [0.4, 0.5) is 10.1 Å². The van der Waals surface area contributed by atoms with E-state index in [1.807, 2.05) is 6.07 Å². The number of ether oxygens (including phenoxy) is 1. The smallest absolute Gasteiger partial charge is 0.146 e. The van der Waals surface area contributed by atoms with Gasteiger partial charge in [-0.3, -0.25) is 0 Å². The van der Waals surface area contributed by atoms with Crippen LogP contribution in [0.5, 0.6) is 0 Å². The van der Waals surface area contributed by atoms with Crippen LogP contribution in [0.1, 0.15) is 26.7 Å². The molecule has 0 aliphatic carbocycles. The Balaban J connectivity index is 2.03. The van der Waals surface area contributed by atoms with Gasteiger partial charge in [-0.15, -0.1) is 0 Å². The van der Waals surface area contributed by atoms with Gasteiger partial charge in [-0.2, -0.15) is 0 Å². The molecule has 0 heterocycles. The highest BCUT2D eigenvalue weighted by Crippen LogP contribution is 2.11. The van der Waals surface area contributed by atoms with Crippen LogP contribution in [-0.2, 0) is 4.74 Å². The van der Waals surface area contributed by atoms with Gasteiger partial charge >= 0.3 is 0 Å². The quantitative estimate of drug-likeness (QED) is 0.698. The first-order valence-corrected chi connectivity index (χ1v) is 6.26. The number of para-hydroxylation sites is 1. The summed E-state index contributed by atoms with van der Waals surface area (Å²) >= 11 is 0. The van der Waals surface area contributed by atoms with Gasteiger partial charge in [0.05, 0.1) is 12.3 Å². The summed E-state index contributed by atoms with van der Waals surface area (Å²) in [6, 6.07) is 6.68. The Morgan fingerprint density at radius 1 is 1.24 bits per heavy atom. The van der Waals surface area contributed by atoms with Gasteiger partial charge in [0.1, 0.15) is 5.82 Å². The van der Waals surface area contributed by atoms with Crippen molar-refractivity contribution < 1.29 is 9.13 Å². The standard InChI is InChI=1S/C14H22FNO/c1-12(2)6-5-10-17-11-9-16-14-8-4-3-7-13(14)15/h3-4,7-8,12,16H,5-6,9-11H2,1-2H3. The van der Waals surface area contributed by atoms with Crippen molar-refractivity contribution >= 4 is 5.69 Å². The Hall–Kier alpha value is -1.09. The fraction of sp³-hybridized carbons (Fsp3) is 0.571. The molecular weight excluding hydrogens is 217 g/mol. The van der Waals surface area contributed by atoms with E-state index in [9.17, 15) is 4.39 Å². The number of benzene rings is 1. The van der Waals surface area contributed by atoms with Crippen LogP contribution in [0.25, 0.3) is 0 Å². The van der Waals surface area contributed by atoms with Crippen molar-refractivity contribution in [2.45, 2.75) is 26.7 Å². The van der Waals surface area contributed by atoms with E-state index in [4.69, 9.17) is 4.74 Å². The highest BCUT2D eigenvalue weighted by atomic mass is 19.1. The third kappa shape index (κ3) is 6.27. The molecule has 17 heavy (non-hydrogen) atoms. The van der Waals surface area contributed by atoms with Crippen molar-refractivity contribution in [2.24, 2.45) is 5.92 Å². The van der Waals surface area contributed by atoms with Crippen LogP contribution < -0.4 is 5.32 Å². The molecule has 0 radical (unpaired) electrons. The lowest BCUT2D eigenvalue weighted by molar-refractivity contribution is 0.137. The van der Waals surface area contributed by atoms with E-state index in [-0.39, 0.29) is 5.82 Å². The summed E-state index contributed by atoms with van der Waals surface area (Å²) in [7, 11) is 0. The minimum atomic E-state index is -0.215. The fourth-order valence-corrected chi connectivity index (χ4v) is 1.56. The van der Waals surface area contributed by atoms with Gasteiger partial charge in [0, 0.05) is 13.2 Å². The number of anilines is 1. The number of halogens is 1. The van der Waals surface area contributed by atoms with Gasteiger partial charge in [0.15, 0.2) is 0 Å². The molecular formula is C14H22FNO. The SMILES string of the molecule is CC(C)CCCOCCNc1ccccc1F. The minimum Gasteiger partial charge on any atom is -0.380 e. The van der Waals surface area contributed by atoms with Crippen LogP contribution >= 0.6 is 0 Å². The number of rotatable bonds is 8. The molecule has 0 aliphatic heterocycles. The fourth-order valence-electron chi connectivity index (χ4n) is 1.56. The summed E-state index contributed by atoms with van der Waals surface area (Å²) in [4.78, 5) is 0. The van der Waals surface area contributed by atoms with Crippen molar-refractivity contribution in [1.29, 1.82) is 0 Å². The van der Waals surface area contributed by atoms with Crippen LogP contribution in [0.15, 0.2) is 24.3 Å². The first-order valence-electron chi connectivity index (χ1n) is 6.26. The van der Waals surface area contributed by atoms with E-state index in [2.05, 4.69) is 19.2 Å². The average molecular weight is 239 g/mol. The van der Waals surface area contributed by atoms with Crippen LogP contribution in [0, 0.1) is 11.7 Å². The largest absolute Gasteiger partial charge is 0.380 e. The van der Waals surface area contributed by atoms with Crippen LogP contribution in [0.3, 0.4) is 0 Å². The molecule has 0 unspecified atom stereocenters. The molecule has 1 rings (SSSR count). The molecule has 0 fully saturated rings. The molecule has 0 saturated carbocycles. The van der Waals surface area contributed by atoms with E-state index in [1.165, 1.54) is 12.5 Å². The van der Waals surface area contributed by atoms with Crippen LogP contribution in [0.2, 0.25) is 0 Å². The molecule has 0 saturated heterocycles. The Kier molecular flexibility index (Phi) is 6.63. The predicted molar refractivity (Wildman–Crippen MR) is 69.8 cm³/mol. The average Bonchev–Trinajstić information content (AvgIpc) is 2.30. The normalized spacial score (nSPS) is 10.8. The first kappa shape index (κ1) is 14.0. The van der Waals surface area contributed by atoms with Crippen LogP contribution in [-0.4, -0.2) is 19.8 Å². The molecule has 0 spiro atoms. The minimum absolute atomic E-state index is 0.215. The lowest BCUT2D eigenvalue weighted by Crippen LogP contribution is -2.11. The van der Waals surface area contributed by atoms with E-state index in [0.29, 0.717) is 18.8 Å². The zero-order chi connectivity index (χ0) is 12.5. The summed E-state index contributed by atoms with van der Waals surface area (Å²) < 4.78 is 18.7. The summed E-state index contributed by atoms with van der Waals surface area (Å²) in [6.45, 7) is 6.46. The zero-order valence-electron chi connectivity index (χ0n) is 10.7. The van der Waals surface area contributed by atoms with Crippen molar-refractivity contribution in [2.75, 3.05) is 25.1 Å². The Morgan fingerprint density at radius 2 is 2.00 bits per heavy atom. The molecule has 96 valence electrons. The summed E-state index contributed by atoms with van der Waals surface area (Å²) in [5, 5.41) is 3.01. The summed E-state index contributed by atoms with van der Waals surface area (Å²) in [5.41, 5.74) is 0.540. The van der Waals surface area contributed by atoms with Gasteiger partial charge < -0.3 is 10.1 Å². The van der Waals surface area contributed by atoms with E-state index >= 15 is 0 Å². The van der Waals surface area contributed by atoms with Crippen molar-refractivity contribution in [1.82, 2.24) is 0 Å². The second-order valence-corrected chi connectivity index (χ2v) is 4.56. The second kappa shape index (κ2) is 8.07. The maximum atomic E-state index is 13.2.